The standard InChI is InChI=1S/C23H29NO4/c1-16-8-5-6-9-18(16)19-10-7-15-24(19)21(25)14-12-17-11-13-20(26-2)23(28-4)22(17)27-3/h5-6,8-9,11,13,19H,7,10,12,14-15H2,1-4H3. The van der Waals surface area contributed by atoms with E-state index in [0.29, 0.717) is 30.1 Å². The average molecular weight is 383 g/mol. The third-order valence-electron chi connectivity index (χ3n) is 5.51. The van der Waals surface area contributed by atoms with Gasteiger partial charge in [-0.05, 0) is 48.9 Å². The zero-order valence-electron chi connectivity index (χ0n) is 17.2. The summed E-state index contributed by atoms with van der Waals surface area (Å²) in [7, 11) is 4.79. The Hall–Kier alpha value is -2.69. The summed E-state index contributed by atoms with van der Waals surface area (Å²) < 4.78 is 16.3. The molecule has 0 bridgehead atoms. The average Bonchev–Trinajstić information content (AvgIpc) is 3.21. The number of benzene rings is 2. The Labute approximate surface area is 167 Å². The van der Waals surface area contributed by atoms with E-state index in [1.165, 1.54) is 11.1 Å². The number of aryl methyl sites for hydroxylation is 2. The minimum Gasteiger partial charge on any atom is -0.493 e. The van der Waals surface area contributed by atoms with E-state index in [2.05, 4.69) is 25.1 Å². The molecule has 1 aliphatic heterocycles. The summed E-state index contributed by atoms with van der Waals surface area (Å²) >= 11 is 0. The van der Waals surface area contributed by atoms with Gasteiger partial charge in [0.15, 0.2) is 11.5 Å². The van der Waals surface area contributed by atoms with Crippen LogP contribution in [0.1, 0.15) is 42.0 Å². The van der Waals surface area contributed by atoms with E-state index >= 15 is 0 Å². The fraction of sp³-hybridized carbons (Fsp3) is 0.435. The van der Waals surface area contributed by atoms with E-state index in [4.69, 9.17) is 14.2 Å². The van der Waals surface area contributed by atoms with Gasteiger partial charge in [0.25, 0.3) is 0 Å². The normalized spacial score (nSPS) is 16.1. The van der Waals surface area contributed by atoms with Crippen LogP contribution in [-0.2, 0) is 11.2 Å². The van der Waals surface area contributed by atoms with Gasteiger partial charge >= 0.3 is 0 Å². The number of nitrogens with zero attached hydrogens (tertiary/aromatic N) is 1. The molecule has 2 aromatic carbocycles. The van der Waals surface area contributed by atoms with E-state index in [9.17, 15) is 4.79 Å². The lowest BCUT2D eigenvalue weighted by atomic mass is 9.99. The predicted molar refractivity (Wildman–Crippen MR) is 109 cm³/mol. The summed E-state index contributed by atoms with van der Waals surface area (Å²) in [5.74, 6) is 2.00. The first-order valence-electron chi connectivity index (χ1n) is 9.73. The molecule has 0 spiro atoms. The van der Waals surface area contributed by atoms with Crippen LogP contribution in [0, 0.1) is 6.92 Å². The number of ether oxygens (including phenoxy) is 3. The van der Waals surface area contributed by atoms with Crippen molar-refractivity contribution >= 4 is 5.91 Å². The van der Waals surface area contributed by atoms with Gasteiger partial charge in [0.2, 0.25) is 11.7 Å². The second-order valence-electron chi connectivity index (χ2n) is 7.10. The monoisotopic (exact) mass is 383 g/mol. The molecule has 1 fully saturated rings. The third-order valence-corrected chi connectivity index (χ3v) is 5.51. The van der Waals surface area contributed by atoms with Gasteiger partial charge in [-0.15, -0.1) is 0 Å². The minimum absolute atomic E-state index is 0.181. The maximum Gasteiger partial charge on any atom is 0.223 e. The van der Waals surface area contributed by atoms with Gasteiger partial charge in [0, 0.05) is 13.0 Å². The third kappa shape index (κ3) is 3.93. The molecule has 0 aromatic heterocycles. The van der Waals surface area contributed by atoms with Crippen molar-refractivity contribution in [1.82, 2.24) is 4.90 Å². The maximum absolute atomic E-state index is 13.0. The van der Waals surface area contributed by atoms with Crippen molar-refractivity contribution in [1.29, 1.82) is 0 Å². The van der Waals surface area contributed by atoms with Gasteiger partial charge < -0.3 is 19.1 Å². The zero-order valence-corrected chi connectivity index (χ0v) is 17.2. The molecule has 0 N–H and O–H groups in total. The van der Waals surface area contributed by atoms with E-state index < -0.39 is 0 Å². The van der Waals surface area contributed by atoms with E-state index in [1.807, 2.05) is 23.1 Å². The van der Waals surface area contributed by atoms with Gasteiger partial charge in [0.1, 0.15) is 0 Å². The van der Waals surface area contributed by atoms with E-state index in [1.54, 1.807) is 21.3 Å². The molecule has 1 heterocycles. The fourth-order valence-corrected chi connectivity index (χ4v) is 4.09. The van der Waals surface area contributed by atoms with Gasteiger partial charge in [-0.1, -0.05) is 30.3 Å². The molecule has 1 unspecified atom stereocenters. The van der Waals surface area contributed by atoms with Crippen LogP contribution in [0.4, 0.5) is 0 Å². The summed E-state index contributed by atoms with van der Waals surface area (Å²) in [4.78, 5) is 15.1. The van der Waals surface area contributed by atoms with Gasteiger partial charge in [0.05, 0.1) is 27.4 Å². The zero-order chi connectivity index (χ0) is 20.1. The number of methoxy groups -OCH3 is 3. The Morgan fingerprint density at radius 1 is 1.04 bits per heavy atom. The highest BCUT2D eigenvalue weighted by Crippen LogP contribution is 2.40. The van der Waals surface area contributed by atoms with Crippen molar-refractivity contribution in [2.45, 2.75) is 38.6 Å². The van der Waals surface area contributed by atoms with Crippen LogP contribution in [0.3, 0.4) is 0 Å². The molecular weight excluding hydrogens is 354 g/mol. The predicted octanol–water partition coefficient (Wildman–Crippen LogP) is 4.32. The Morgan fingerprint density at radius 3 is 2.46 bits per heavy atom. The Bertz CT molecular complexity index is 833. The highest BCUT2D eigenvalue weighted by molar-refractivity contribution is 5.77. The number of hydrogen-bond acceptors (Lipinski definition) is 4. The summed E-state index contributed by atoms with van der Waals surface area (Å²) in [5, 5.41) is 0. The van der Waals surface area contributed by atoms with Crippen LogP contribution in [0.25, 0.3) is 0 Å². The summed E-state index contributed by atoms with van der Waals surface area (Å²) in [5.41, 5.74) is 3.45. The van der Waals surface area contributed by atoms with Crippen LogP contribution in [0.15, 0.2) is 36.4 Å². The fourth-order valence-electron chi connectivity index (χ4n) is 4.09. The molecule has 0 saturated carbocycles. The van der Waals surface area contributed by atoms with E-state index in [-0.39, 0.29) is 11.9 Å². The van der Waals surface area contributed by atoms with Crippen molar-refractivity contribution in [3.63, 3.8) is 0 Å². The molecule has 0 radical (unpaired) electrons. The smallest absolute Gasteiger partial charge is 0.223 e. The van der Waals surface area contributed by atoms with Crippen LogP contribution in [0.2, 0.25) is 0 Å². The number of carbonyl (C=O) groups excluding carboxylic acids is 1. The largest absolute Gasteiger partial charge is 0.493 e. The molecule has 1 aliphatic rings. The first-order chi connectivity index (χ1) is 13.6. The molecule has 5 heteroatoms. The van der Waals surface area contributed by atoms with Crippen LogP contribution in [0.5, 0.6) is 17.2 Å². The van der Waals surface area contributed by atoms with Crippen LogP contribution >= 0.6 is 0 Å². The molecule has 1 atom stereocenters. The number of amides is 1. The first-order valence-corrected chi connectivity index (χ1v) is 9.73. The molecule has 3 rings (SSSR count). The van der Waals surface area contributed by atoms with Crippen LogP contribution < -0.4 is 14.2 Å². The first kappa shape index (κ1) is 20.1. The van der Waals surface area contributed by atoms with Gasteiger partial charge in [-0.2, -0.15) is 0 Å². The lowest BCUT2D eigenvalue weighted by Crippen LogP contribution is -2.31. The molecule has 1 saturated heterocycles. The maximum atomic E-state index is 13.0. The Balaban J connectivity index is 1.74. The molecule has 2 aromatic rings. The van der Waals surface area contributed by atoms with Crippen molar-refractivity contribution in [2.75, 3.05) is 27.9 Å². The molecule has 150 valence electrons. The number of rotatable bonds is 7. The highest BCUT2D eigenvalue weighted by Gasteiger charge is 2.30. The lowest BCUT2D eigenvalue weighted by molar-refractivity contribution is -0.132. The molecular formula is C23H29NO4. The van der Waals surface area contributed by atoms with E-state index in [0.717, 1.165) is 24.9 Å². The number of likely N-dealkylation sites (tertiary alicyclic amines) is 1. The minimum atomic E-state index is 0.181. The molecule has 0 aliphatic carbocycles. The second kappa shape index (κ2) is 9.00. The lowest BCUT2D eigenvalue weighted by Gasteiger charge is -2.26. The summed E-state index contributed by atoms with van der Waals surface area (Å²) in [6.45, 7) is 2.94. The Morgan fingerprint density at radius 2 is 1.79 bits per heavy atom. The van der Waals surface area contributed by atoms with Crippen molar-refractivity contribution in [3.05, 3.63) is 53.1 Å². The van der Waals surface area contributed by atoms with Crippen molar-refractivity contribution in [3.8, 4) is 17.2 Å². The van der Waals surface area contributed by atoms with Crippen LogP contribution in [-0.4, -0.2) is 38.7 Å². The van der Waals surface area contributed by atoms with Gasteiger partial charge in [-0.3, -0.25) is 4.79 Å². The topological polar surface area (TPSA) is 48.0 Å². The molecule has 5 nitrogen and oxygen atoms in total. The van der Waals surface area contributed by atoms with Crippen molar-refractivity contribution in [2.24, 2.45) is 0 Å². The Kier molecular flexibility index (Phi) is 6.45. The number of hydrogen-bond donors (Lipinski definition) is 0. The summed E-state index contributed by atoms with van der Waals surface area (Å²) in [6.07, 6.45) is 3.11. The van der Waals surface area contributed by atoms with Gasteiger partial charge in [-0.25, -0.2) is 0 Å². The summed E-state index contributed by atoms with van der Waals surface area (Å²) in [6, 6.07) is 12.3. The molecule has 1 amide bonds. The quantitative estimate of drug-likeness (QED) is 0.715. The number of carbonyl (C=O) groups is 1. The van der Waals surface area contributed by atoms with Crippen molar-refractivity contribution < 1.29 is 19.0 Å². The highest BCUT2D eigenvalue weighted by atomic mass is 16.5. The SMILES string of the molecule is COc1ccc(CCC(=O)N2CCCC2c2ccccc2C)c(OC)c1OC. The second-order valence-corrected chi connectivity index (χ2v) is 7.10. The molecule has 28 heavy (non-hydrogen) atoms.